The first kappa shape index (κ1) is 19.3. The van der Waals surface area contributed by atoms with Gasteiger partial charge in [0.2, 0.25) is 0 Å². The van der Waals surface area contributed by atoms with Gasteiger partial charge in [-0.25, -0.2) is 4.90 Å². The molecule has 0 aliphatic carbocycles. The van der Waals surface area contributed by atoms with E-state index in [0.717, 1.165) is 4.90 Å². The van der Waals surface area contributed by atoms with Gasteiger partial charge in [-0.15, -0.1) is 0 Å². The highest BCUT2D eigenvalue weighted by Crippen LogP contribution is 2.24. The third-order valence-electron chi connectivity index (χ3n) is 4.47. The number of rotatable bonds is 9. The van der Waals surface area contributed by atoms with Crippen molar-refractivity contribution in [3.05, 3.63) is 41.5 Å². The van der Waals surface area contributed by atoms with Gasteiger partial charge in [0.1, 0.15) is 25.4 Å². The molecular formula is C20H19NO8. The molecule has 0 N–H and O–H groups in total. The van der Waals surface area contributed by atoms with Crippen LogP contribution < -0.4 is 4.90 Å². The van der Waals surface area contributed by atoms with Crippen molar-refractivity contribution in [2.75, 3.05) is 31.3 Å². The summed E-state index contributed by atoms with van der Waals surface area (Å²) in [6.45, 7) is 1.53. The van der Waals surface area contributed by atoms with Gasteiger partial charge in [0.05, 0.1) is 31.7 Å². The number of esters is 2. The quantitative estimate of drug-likeness (QED) is 0.325. The second-order valence-corrected chi connectivity index (χ2v) is 6.98. The van der Waals surface area contributed by atoms with Crippen LogP contribution in [0.2, 0.25) is 0 Å². The minimum atomic E-state index is -0.486. The van der Waals surface area contributed by atoms with Gasteiger partial charge in [-0.1, -0.05) is 6.07 Å². The summed E-state index contributed by atoms with van der Waals surface area (Å²) in [4.78, 5) is 49.2. The first-order valence-electron chi connectivity index (χ1n) is 9.21. The van der Waals surface area contributed by atoms with E-state index in [1.165, 1.54) is 12.2 Å². The molecule has 2 atom stereocenters. The van der Waals surface area contributed by atoms with Crippen molar-refractivity contribution >= 4 is 29.4 Å². The fourth-order valence-corrected chi connectivity index (χ4v) is 2.87. The number of imide groups is 1. The normalized spacial score (nSPS) is 22.0. The summed E-state index contributed by atoms with van der Waals surface area (Å²) in [5, 5.41) is 0. The highest BCUT2D eigenvalue weighted by Gasteiger charge is 2.28. The van der Waals surface area contributed by atoms with Crippen LogP contribution in [0.4, 0.5) is 5.69 Å². The largest absolute Gasteiger partial charge is 0.463 e. The summed E-state index contributed by atoms with van der Waals surface area (Å²) in [5.74, 6) is -1.90. The van der Waals surface area contributed by atoms with E-state index >= 15 is 0 Å². The summed E-state index contributed by atoms with van der Waals surface area (Å²) in [7, 11) is 0. The summed E-state index contributed by atoms with van der Waals surface area (Å²) >= 11 is 0. The average molecular weight is 401 g/mol. The minimum absolute atomic E-state index is 0.0445. The second-order valence-electron chi connectivity index (χ2n) is 6.98. The molecule has 3 heterocycles. The summed E-state index contributed by atoms with van der Waals surface area (Å²) in [6, 6.07) is 4.78. The Hall–Kier alpha value is -3.04. The zero-order chi connectivity index (χ0) is 20.4. The second kappa shape index (κ2) is 8.14. The van der Waals surface area contributed by atoms with Gasteiger partial charge in [0.15, 0.2) is 0 Å². The number of hydrogen-bond acceptors (Lipinski definition) is 8. The number of carbonyl (C=O) groups is 4. The predicted octanol–water partition coefficient (Wildman–Crippen LogP) is 0.0850. The molecule has 0 radical (unpaired) electrons. The monoisotopic (exact) mass is 401 g/mol. The summed E-state index contributed by atoms with van der Waals surface area (Å²) < 4.78 is 20.3. The molecule has 2 amide bonds. The topological polar surface area (TPSA) is 115 Å². The zero-order valence-corrected chi connectivity index (χ0v) is 15.5. The standard InChI is InChI=1S/C20H19NO8/c22-17-1-2-18(23)21(17)14-4-12(6-19(24)28-10-15-8-26-15)3-13(5-14)7-20(25)29-11-16-9-27-16/h1-5,15-16H,6-11H2. The van der Waals surface area contributed by atoms with E-state index in [1.54, 1.807) is 18.2 Å². The highest BCUT2D eigenvalue weighted by molar-refractivity contribution is 6.28. The molecule has 2 unspecified atom stereocenters. The summed E-state index contributed by atoms with van der Waals surface area (Å²) in [6.07, 6.45) is 2.11. The van der Waals surface area contributed by atoms with Crippen LogP contribution in [0.25, 0.3) is 0 Å². The molecule has 9 nitrogen and oxygen atoms in total. The van der Waals surface area contributed by atoms with Gasteiger partial charge in [0, 0.05) is 12.2 Å². The van der Waals surface area contributed by atoms with Crippen LogP contribution in [0.15, 0.2) is 30.4 Å². The molecule has 0 saturated carbocycles. The third-order valence-corrected chi connectivity index (χ3v) is 4.47. The van der Waals surface area contributed by atoms with Crippen LogP contribution in [0.1, 0.15) is 11.1 Å². The Bertz CT molecular complexity index is 818. The first-order chi connectivity index (χ1) is 14.0. The van der Waals surface area contributed by atoms with Crippen LogP contribution in [-0.4, -0.2) is 62.4 Å². The van der Waals surface area contributed by atoms with Gasteiger partial charge in [-0.05, 0) is 23.3 Å². The number of ether oxygens (including phenoxy) is 4. The maximum absolute atomic E-state index is 12.1. The van der Waals surface area contributed by atoms with Crippen molar-refractivity contribution in [1.29, 1.82) is 0 Å². The lowest BCUT2D eigenvalue weighted by Gasteiger charge is -2.17. The Morgan fingerprint density at radius 3 is 1.72 bits per heavy atom. The molecule has 1 aromatic carbocycles. The van der Waals surface area contributed by atoms with E-state index < -0.39 is 23.8 Å². The Morgan fingerprint density at radius 1 is 0.862 bits per heavy atom. The Kier molecular flexibility index (Phi) is 5.41. The van der Waals surface area contributed by atoms with Crippen LogP contribution >= 0.6 is 0 Å². The van der Waals surface area contributed by atoms with Gasteiger partial charge in [0.25, 0.3) is 11.8 Å². The van der Waals surface area contributed by atoms with E-state index in [2.05, 4.69) is 0 Å². The number of nitrogens with zero attached hydrogens (tertiary/aromatic N) is 1. The lowest BCUT2D eigenvalue weighted by atomic mass is 10.0. The van der Waals surface area contributed by atoms with E-state index in [9.17, 15) is 19.2 Å². The number of amides is 2. The number of benzene rings is 1. The molecule has 0 aromatic heterocycles. The van der Waals surface area contributed by atoms with E-state index in [0.29, 0.717) is 24.3 Å². The smallest absolute Gasteiger partial charge is 0.310 e. The molecule has 3 aliphatic rings. The van der Waals surface area contributed by atoms with Crippen molar-refractivity contribution in [2.24, 2.45) is 0 Å². The van der Waals surface area contributed by atoms with Crippen molar-refractivity contribution < 1.29 is 38.1 Å². The summed E-state index contributed by atoms with van der Waals surface area (Å²) in [5.41, 5.74) is 1.32. The van der Waals surface area contributed by atoms with E-state index in [4.69, 9.17) is 18.9 Å². The maximum Gasteiger partial charge on any atom is 0.310 e. The minimum Gasteiger partial charge on any atom is -0.463 e. The Labute approximate surface area is 166 Å². The van der Waals surface area contributed by atoms with Crippen LogP contribution in [0.3, 0.4) is 0 Å². The highest BCUT2D eigenvalue weighted by atomic mass is 16.6. The molecule has 3 aliphatic heterocycles. The van der Waals surface area contributed by atoms with Crippen molar-refractivity contribution in [2.45, 2.75) is 25.0 Å². The fraction of sp³-hybridized carbons (Fsp3) is 0.400. The molecule has 29 heavy (non-hydrogen) atoms. The van der Waals surface area contributed by atoms with E-state index in [1.807, 2.05) is 0 Å². The molecule has 152 valence electrons. The fourth-order valence-electron chi connectivity index (χ4n) is 2.87. The van der Waals surface area contributed by atoms with Crippen LogP contribution in [0.5, 0.6) is 0 Å². The van der Waals surface area contributed by atoms with Gasteiger partial charge in [-0.2, -0.15) is 0 Å². The Morgan fingerprint density at radius 2 is 1.31 bits per heavy atom. The lowest BCUT2D eigenvalue weighted by molar-refractivity contribution is -0.144. The van der Waals surface area contributed by atoms with Crippen molar-refractivity contribution in [3.8, 4) is 0 Å². The number of hydrogen-bond donors (Lipinski definition) is 0. The third kappa shape index (κ3) is 5.27. The predicted molar refractivity (Wildman–Crippen MR) is 96.9 cm³/mol. The first-order valence-corrected chi connectivity index (χ1v) is 9.21. The lowest BCUT2D eigenvalue weighted by Crippen LogP contribution is -2.30. The Balaban J connectivity index is 1.49. The van der Waals surface area contributed by atoms with Gasteiger partial charge < -0.3 is 18.9 Å². The molecule has 2 saturated heterocycles. The number of epoxide rings is 2. The molecule has 1 aromatic rings. The number of carbonyl (C=O) groups excluding carboxylic acids is 4. The van der Waals surface area contributed by atoms with Gasteiger partial charge in [-0.3, -0.25) is 19.2 Å². The molecular weight excluding hydrogens is 382 g/mol. The zero-order valence-electron chi connectivity index (χ0n) is 15.5. The van der Waals surface area contributed by atoms with E-state index in [-0.39, 0.29) is 44.0 Å². The molecule has 2 fully saturated rings. The molecule has 9 heteroatoms. The SMILES string of the molecule is O=C(Cc1cc(CC(=O)OCC2CO2)cc(N2C(=O)C=CC2=O)c1)OCC1CO1. The average Bonchev–Trinajstić information content (AvgIpc) is 3.59. The van der Waals surface area contributed by atoms with Crippen LogP contribution in [-0.2, 0) is 51.0 Å². The number of anilines is 1. The maximum atomic E-state index is 12.1. The van der Waals surface area contributed by atoms with Gasteiger partial charge >= 0.3 is 11.9 Å². The van der Waals surface area contributed by atoms with Crippen LogP contribution in [0, 0.1) is 0 Å². The van der Waals surface area contributed by atoms with Crippen molar-refractivity contribution in [3.63, 3.8) is 0 Å². The molecule has 4 rings (SSSR count). The molecule has 0 spiro atoms. The van der Waals surface area contributed by atoms with Crippen molar-refractivity contribution in [1.82, 2.24) is 0 Å². The molecule has 0 bridgehead atoms.